The number of fused-ring (bicyclic) bond motifs is 1. The monoisotopic (exact) mass is 379 g/mol. The fourth-order valence-electron chi connectivity index (χ4n) is 3.48. The van der Waals surface area contributed by atoms with Crippen LogP contribution in [0.4, 0.5) is 0 Å². The number of nitrogens with one attached hydrogen (secondary N) is 1. The zero-order chi connectivity index (χ0) is 20.1. The highest BCUT2D eigenvalue weighted by molar-refractivity contribution is 5.99. The third-order valence-electron chi connectivity index (χ3n) is 4.91. The lowest BCUT2D eigenvalue weighted by Gasteiger charge is -2.36. The van der Waals surface area contributed by atoms with E-state index in [2.05, 4.69) is 21.8 Å². The fraction of sp³-hybridized carbons (Fsp3) is 0.364. The van der Waals surface area contributed by atoms with Gasteiger partial charge in [0, 0.05) is 43.3 Å². The number of nitrogens with two attached hydrogens (primary N) is 1. The normalized spacial score (nSPS) is 19.5. The Bertz CT molecular complexity index is 883. The lowest BCUT2D eigenvalue weighted by Crippen LogP contribution is -2.51. The highest BCUT2D eigenvalue weighted by Gasteiger charge is 2.26. The molecule has 0 spiro atoms. The lowest BCUT2D eigenvalue weighted by atomic mass is 10.1. The molecule has 3 N–H and O–H groups in total. The zero-order valence-corrected chi connectivity index (χ0v) is 16.9. The number of hydrogen-bond acceptors (Lipinski definition) is 4. The predicted octanol–water partition coefficient (Wildman–Crippen LogP) is 3.36. The number of piperazine rings is 1. The summed E-state index contributed by atoms with van der Waals surface area (Å²) < 4.78 is 0. The van der Waals surface area contributed by atoms with Gasteiger partial charge in [-0.3, -0.25) is 4.79 Å². The summed E-state index contributed by atoms with van der Waals surface area (Å²) in [5.74, 6) is 1.13. The van der Waals surface area contributed by atoms with Crippen LogP contribution in [-0.2, 0) is 0 Å². The number of aromatic nitrogens is 1. The largest absolute Gasteiger partial charge is 0.396 e. The number of aliphatic imine (C=N–C) groups is 1. The molecule has 3 heterocycles. The minimum Gasteiger partial charge on any atom is -0.396 e. The van der Waals surface area contributed by atoms with Crippen LogP contribution in [0.25, 0.3) is 10.9 Å². The van der Waals surface area contributed by atoms with Crippen LogP contribution < -0.4 is 5.73 Å². The molecule has 2 aliphatic rings. The van der Waals surface area contributed by atoms with E-state index in [1.165, 1.54) is 0 Å². The maximum Gasteiger partial charge on any atom is 0.270 e. The second-order valence-corrected chi connectivity index (χ2v) is 6.82. The summed E-state index contributed by atoms with van der Waals surface area (Å²) in [5.41, 5.74) is 8.53. The molecule has 28 heavy (non-hydrogen) atoms. The Hall–Kier alpha value is -3.02. The number of para-hydroxylation sites is 1. The molecular formula is C22H29N5O. The molecule has 1 atom stereocenters. The number of benzene rings is 1. The molecule has 6 heteroatoms. The van der Waals surface area contributed by atoms with Gasteiger partial charge < -0.3 is 20.5 Å². The van der Waals surface area contributed by atoms with Crippen LogP contribution in [-0.4, -0.2) is 52.7 Å². The SMILES string of the molecule is CC.CC1C=CN=C(N2CCN(C(=O)c3cc4ccccc4[nH]3)CC2)C(N)=C1. The number of carbonyl (C=O) groups excluding carboxylic acids is 1. The molecule has 1 fully saturated rings. The van der Waals surface area contributed by atoms with Gasteiger partial charge in [0.15, 0.2) is 5.84 Å². The molecule has 2 aliphatic heterocycles. The number of amidine groups is 1. The van der Waals surface area contributed by atoms with E-state index in [0.29, 0.717) is 24.5 Å². The van der Waals surface area contributed by atoms with Crippen LogP contribution in [0.2, 0.25) is 0 Å². The van der Waals surface area contributed by atoms with Gasteiger partial charge in [0.1, 0.15) is 5.69 Å². The number of allylic oxidation sites excluding steroid dienone is 2. The first-order valence-electron chi connectivity index (χ1n) is 9.96. The first kappa shape index (κ1) is 19.7. The van der Waals surface area contributed by atoms with Crippen molar-refractivity contribution in [1.82, 2.24) is 14.8 Å². The highest BCUT2D eigenvalue weighted by Crippen LogP contribution is 2.18. The van der Waals surface area contributed by atoms with Crippen molar-refractivity contribution in [3.63, 3.8) is 0 Å². The number of H-pyrrole nitrogens is 1. The maximum absolute atomic E-state index is 12.8. The number of nitrogens with zero attached hydrogens (tertiary/aromatic N) is 3. The van der Waals surface area contributed by atoms with Crippen molar-refractivity contribution in [3.05, 3.63) is 60.1 Å². The molecular weight excluding hydrogens is 350 g/mol. The van der Waals surface area contributed by atoms with Crippen LogP contribution in [0, 0.1) is 5.92 Å². The summed E-state index contributed by atoms with van der Waals surface area (Å²) in [6.45, 7) is 8.83. The lowest BCUT2D eigenvalue weighted by molar-refractivity contribution is 0.0687. The molecule has 0 saturated carbocycles. The standard InChI is InChI=1S/C20H23N5O.C2H6/c1-14-6-7-22-19(16(21)12-14)24-8-10-25(11-9-24)20(26)18-13-15-4-2-3-5-17(15)23-18;1-2/h2-7,12-14,23H,8-11,21H2,1H3;1-2H3. The van der Waals surface area contributed by atoms with Crippen molar-refractivity contribution in [2.24, 2.45) is 16.6 Å². The summed E-state index contributed by atoms with van der Waals surface area (Å²) in [5, 5.41) is 1.06. The topological polar surface area (TPSA) is 77.7 Å². The van der Waals surface area contributed by atoms with Crippen LogP contribution in [0.5, 0.6) is 0 Å². The molecule has 0 radical (unpaired) electrons. The minimum atomic E-state index is 0.0423. The van der Waals surface area contributed by atoms with E-state index in [4.69, 9.17) is 5.73 Å². The zero-order valence-electron chi connectivity index (χ0n) is 16.9. The Morgan fingerprint density at radius 2 is 1.89 bits per heavy atom. The molecule has 1 unspecified atom stereocenters. The van der Waals surface area contributed by atoms with Crippen molar-refractivity contribution in [2.75, 3.05) is 26.2 Å². The molecule has 1 aromatic carbocycles. The summed E-state index contributed by atoms with van der Waals surface area (Å²) in [7, 11) is 0. The van der Waals surface area contributed by atoms with Gasteiger partial charge in [0.05, 0.1) is 5.70 Å². The van der Waals surface area contributed by atoms with Crippen molar-refractivity contribution in [3.8, 4) is 0 Å². The molecule has 0 bridgehead atoms. The van der Waals surface area contributed by atoms with Crippen molar-refractivity contribution >= 4 is 22.6 Å². The summed E-state index contributed by atoms with van der Waals surface area (Å²) >= 11 is 0. The van der Waals surface area contributed by atoms with Crippen molar-refractivity contribution in [1.29, 1.82) is 0 Å². The van der Waals surface area contributed by atoms with E-state index in [1.54, 1.807) is 0 Å². The average Bonchev–Trinajstić information content (AvgIpc) is 3.08. The number of aromatic amines is 1. The smallest absolute Gasteiger partial charge is 0.270 e. The second-order valence-electron chi connectivity index (χ2n) is 6.82. The third kappa shape index (κ3) is 4.11. The van der Waals surface area contributed by atoms with Crippen LogP contribution in [0.15, 0.2) is 59.4 Å². The minimum absolute atomic E-state index is 0.0423. The van der Waals surface area contributed by atoms with Gasteiger partial charge in [-0.1, -0.05) is 51.1 Å². The number of rotatable bonds is 1. The van der Waals surface area contributed by atoms with E-state index in [1.807, 2.05) is 67.4 Å². The quantitative estimate of drug-likeness (QED) is 0.798. The van der Waals surface area contributed by atoms with Crippen LogP contribution >= 0.6 is 0 Å². The molecule has 4 rings (SSSR count). The Morgan fingerprint density at radius 3 is 2.61 bits per heavy atom. The van der Waals surface area contributed by atoms with Crippen LogP contribution in [0.3, 0.4) is 0 Å². The third-order valence-corrected chi connectivity index (χ3v) is 4.91. The number of carbonyl (C=O) groups is 1. The summed E-state index contributed by atoms with van der Waals surface area (Å²) in [4.78, 5) is 24.6. The number of hydrogen-bond donors (Lipinski definition) is 2. The van der Waals surface area contributed by atoms with Crippen molar-refractivity contribution in [2.45, 2.75) is 20.8 Å². The van der Waals surface area contributed by atoms with Crippen LogP contribution in [0.1, 0.15) is 31.3 Å². The summed E-state index contributed by atoms with van der Waals surface area (Å²) in [6, 6.07) is 9.86. The second kappa shape index (κ2) is 8.78. The maximum atomic E-state index is 12.8. The Morgan fingerprint density at radius 1 is 1.18 bits per heavy atom. The predicted molar refractivity (Wildman–Crippen MR) is 115 cm³/mol. The Kier molecular flexibility index (Phi) is 6.19. The first-order valence-corrected chi connectivity index (χ1v) is 9.96. The molecule has 2 aromatic rings. The highest BCUT2D eigenvalue weighted by atomic mass is 16.2. The van der Waals surface area contributed by atoms with Gasteiger partial charge in [-0.05, 0) is 18.1 Å². The molecule has 1 saturated heterocycles. The van der Waals surface area contributed by atoms with Gasteiger partial charge in [0.25, 0.3) is 5.91 Å². The van der Waals surface area contributed by atoms with E-state index < -0.39 is 0 Å². The average molecular weight is 380 g/mol. The Labute approximate surface area is 166 Å². The molecule has 6 nitrogen and oxygen atoms in total. The molecule has 1 amide bonds. The fourth-order valence-corrected chi connectivity index (χ4v) is 3.48. The Balaban J connectivity index is 0.00000109. The van der Waals surface area contributed by atoms with Gasteiger partial charge in [-0.25, -0.2) is 4.99 Å². The molecule has 1 aromatic heterocycles. The molecule has 148 valence electrons. The van der Waals surface area contributed by atoms with E-state index in [0.717, 1.165) is 29.8 Å². The van der Waals surface area contributed by atoms with Crippen molar-refractivity contribution < 1.29 is 4.79 Å². The van der Waals surface area contributed by atoms with E-state index in [9.17, 15) is 4.79 Å². The van der Waals surface area contributed by atoms with Gasteiger partial charge in [-0.15, -0.1) is 0 Å². The van der Waals surface area contributed by atoms with Gasteiger partial charge in [0.2, 0.25) is 0 Å². The van der Waals surface area contributed by atoms with Gasteiger partial charge >= 0.3 is 0 Å². The summed E-state index contributed by atoms with van der Waals surface area (Å²) in [6.07, 6.45) is 5.86. The van der Waals surface area contributed by atoms with E-state index in [-0.39, 0.29) is 11.8 Å². The van der Waals surface area contributed by atoms with E-state index >= 15 is 0 Å². The first-order chi connectivity index (χ1) is 13.6. The van der Waals surface area contributed by atoms with Gasteiger partial charge in [-0.2, -0.15) is 0 Å². The number of amides is 1. The molecule has 0 aliphatic carbocycles.